The van der Waals surface area contributed by atoms with Gasteiger partial charge in [0.1, 0.15) is 0 Å². The summed E-state index contributed by atoms with van der Waals surface area (Å²) >= 11 is 8.91. The second-order valence-corrected chi connectivity index (χ2v) is 11.3. The van der Waals surface area contributed by atoms with Crippen molar-refractivity contribution in [2.75, 3.05) is 4.90 Å². The molecule has 1 aromatic heterocycles. The van der Waals surface area contributed by atoms with Crippen molar-refractivity contribution in [3.63, 3.8) is 0 Å². The average Bonchev–Trinajstić information content (AvgIpc) is 3.37. The van der Waals surface area contributed by atoms with Crippen LogP contribution in [0.4, 0.5) is 17.1 Å². The predicted octanol–water partition coefficient (Wildman–Crippen LogP) is 11.6. The smallest absolute Gasteiger partial charge is 0.0718 e. The molecule has 0 N–H and O–H groups in total. The Balaban J connectivity index is 1.61. The van der Waals surface area contributed by atoms with E-state index in [1.54, 1.807) is 0 Å². The van der Waals surface area contributed by atoms with Crippen molar-refractivity contribution in [3.05, 3.63) is 138 Å². The topological polar surface area (TPSA) is 3.24 Å². The first kappa shape index (κ1) is 22.6. The van der Waals surface area contributed by atoms with Crippen LogP contribution in [0.5, 0.6) is 0 Å². The number of halogens is 1. The molecule has 0 spiro atoms. The van der Waals surface area contributed by atoms with E-state index in [2.05, 4.69) is 138 Å². The molecular weight excluding hydrogens is 514 g/mol. The van der Waals surface area contributed by atoms with Gasteiger partial charge in [0, 0.05) is 32.2 Å². The fourth-order valence-corrected chi connectivity index (χ4v) is 7.63. The van der Waals surface area contributed by atoms with Gasteiger partial charge >= 0.3 is 0 Å². The monoisotopic (exact) mass is 535 g/mol. The van der Waals surface area contributed by atoms with Crippen molar-refractivity contribution in [1.29, 1.82) is 0 Å². The molecule has 3 heteroatoms. The molecule has 8 aromatic rings. The van der Waals surface area contributed by atoms with Gasteiger partial charge in [-0.3, -0.25) is 0 Å². The Morgan fingerprint density at radius 3 is 1.72 bits per heavy atom. The maximum atomic E-state index is 7.06. The van der Waals surface area contributed by atoms with Gasteiger partial charge in [0.15, 0.2) is 0 Å². The lowest BCUT2D eigenvalue weighted by molar-refractivity contribution is 1.31. The first-order valence-corrected chi connectivity index (χ1v) is 14.2. The van der Waals surface area contributed by atoms with Crippen LogP contribution in [0.2, 0.25) is 5.02 Å². The van der Waals surface area contributed by atoms with Gasteiger partial charge in [-0.05, 0) is 75.5 Å². The molecule has 39 heavy (non-hydrogen) atoms. The van der Waals surface area contributed by atoms with E-state index in [1.807, 2.05) is 11.3 Å². The first-order chi connectivity index (χ1) is 19.3. The van der Waals surface area contributed by atoms with Gasteiger partial charge in [0.25, 0.3) is 0 Å². The summed E-state index contributed by atoms with van der Waals surface area (Å²) in [4.78, 5) is 2.41. The van der Waals surface area contributed by atoms with E-state index in [4.69, 9.17) is 11.6 Å². The molecule has 0 amide bonds. The van der Waals surface area contributed by atoms with E-state index < -0.39 is 0 Å². The molecule has 0 atom stereocenters. The molecule has 0 aliphatic rings. The minimum Gasteiger partial charge on any atom is -0.308 e. The Bertz CT molecular complexity index is 2140. The van der Waals surface area contributed by atoms with Crippen LogP contribution < -0.4 is 4.90 Å². The Labute approximate surface area is 235 Å². The molecule has 0 fully saturated rings. The van der Waals surface area contributed by atoms with Crippen molar-refractivity contribution >= 4 is 92.5 Å². The van der Waals surface area contributed by atoms with Crippen molar-refractivity contribution in [3.8, 4) is 0 Å². The molecule has 0 radical (unpaired) electrons. The zero-order chi connectivity index (χ0) is 25.9. The molecule has 1 heterocycles. The van der Waals surface area contributed by atoms with Crippen molar-refractivity contribution in [1.82, 2.24) is 0 Å². The van der Waals surface area contributed by atoms with E-state index in [9.17, 15) is 0 Å². The largest absolute Gasteiger partial charge is 0.308 e. The number of hydrogen-bond acceptors (Lipinski definition) is 2. The Morgan fingerprint density at radius 1 is 0.462 bits per heavy atom. The van der Waals surface area contributed by atoms with Crippen LogP contribution in [0, 0.1) is 0 Å². The maximum Gasteiger partial charge on any atom is 0.0718 e. The van der Waals surface area contributed by atoms with E-state index in [-0.39, 0.29) is 0 Å². The van der Waals surface area contributed by atoms with Gasteiger partial charge < -0.3 is 4.90 Å². The normalized spacial score (nSPS) is 11.7. The van der Waals surface area contributed by atoms with Crippen LogP contribution >= 0.6 is 22.9 Å². The minimum absolute atomic E-state index is 0.798. The summed E-state index contributed by atoms with van der Waals surface area (Å²) in [6, 6.07) is 47.6. The van der Waals surface area contributed by atoms with Crippen LogP contribution in [0.3, 0.4) is 0 Å². The summed E-state index contributed by atoms with van der Waals surface area (Å²) in [6.45, 7) is 0. The fourth-order valence-electron chi connectivity index (χ4n) is 5.87. The molecule has 0 unspecified atom stereocenters. The summed E-state index contributed by atoms with van der Waals surface area (Å²) in [6.07, 6.45) is 0. The van der Waals surface area contributed by atoms with Gasteiger partial charge in [-0.1, -0.05) is 96.5 Å². The standard InChI is InChI=1S/C36H22ClNS/c37-32-22-25-13-9-10-18-29(25)35-33(32)31-21-26-19-23-11-7-8-12-24(23)20-30(26)34(36(31)39-35)38(27-14-3-1-4-15-27)28-16-5-2-6-17-28/h1-22H. The second-order valence-electron chi connectivity index (χ2n) is 9.91. The molecule has 8 rings (SSSR count). The highest BCUT2D eigenvalue weighted by molar-refractivity contribution is 7.27. The fraction of sp³-hybridized carbons (Fsp3) is 0. The van der Waals surface area contributed by atoms with Gasteiger partial charge in [0.2, 0.25) is 0 Å². The van der Waals surface area contributed by atoms with Crippen LogP contribution in [0.15, 0.2) is 133 Å². The first-order valence-electron chi connectivity index (χ1n) is 13.1. The molecule has 7 aromatic carbocycles. The third-order valence-electron chi connectivity index (χ3n) is 7.61. The molecule has 184 valence electrons. The van der Waals surface area contributed by atoms with Crippen LogP contribution in [-0.4, -0.2) is 0 Å². The number of anilines is 3. The number of fused-ring (bicyclic) bond motifs is 7. The van der Waals surface area contributed by atoms with Gasteiger partial charge in [-0.15, -0.1) is 11.3 Å². The van der Waals surface area contributed by atoms with E-state index in [0.29, 0.717) is 0 Å². The zero-order valence-corrected chi connectivity index (χ0v) is 22.5. The molecule has 0 bridgehead atoms. The lowest BCUT2D eigenvalue weighted by atomic mass is 9.98. The molecule has 0 saturated carbocycles. The summed E-state index contributed by atoms with van der Waals surface area (Å²) < 4.78 is 2.47. The lowest BCUT2D eigenvalue weighted by Crippen LogP contribution is -2.10. The number of para-hydroxylation sites is 2. The van der Waals surface area contributed by atoms with Crippen LogP contribution in [-0.2, 0) is 0 Å². The number of thiophene rings is 1. The van der Waals surface area contributed by atoms with Crippen LogP contribution in [0.25, 0.3) is 52.5 Å². The van der Waals surface area contributed by atoms with Crippen molar-refractivity contribution in [2.24, 2.45) is 0 Å². The lowest BCUT2D eigenvalue weighted by Gasteiger charge is -2.27. The second kappa shape index (κ2) is 8.84. The van der Waals surface area contributed by atoms with Gasteiger partial charge in [-0.2, -0.15) is 0 Å². The van der Waals surface area contributed by atoms with Crippen molar-refractivity contribution < 1.29 is 0 Å². The summed E-state index contributed by atoms with van der Waals surface area (Å²) in [5, 5.41) is 10.4. The minimum atomic E-state index is 0.798. The predicted molar refractivity (Wildman–Crippen MR) is 172 cm³/mol. The maximum absolute atomic E-state index is 7.06. The van der Waals surface area contributed by atoms with Gasteiger partial charge in [0.05, 0.1) is 15.4 Å². The summed E-state index contributed by atoms with van der Waals surface area (Å²) in [5.74, 6) is 0. The highest BCUT2D eigenvalue weighted by Crippen LogP contribution is 2.51. The third kappa shape index (κ3) is 3.53. The van der Waals surface area contributed by atoms with E-state index in [1.165, 1.54) is 52.8 Å². The summed E-state index contributed by atoms with van der Waals surface area (Å²) in [5.41, 5.74) is 3.44. The Kier molecular flexibility index (Phi) is 5.12. The van der Waals surface area contributed by atoms with E-state index in [0.717, 1.165) is 21.8 Å². The Morgan fingerprint density at radius 2 is 1.03 bits per heavy atom. The molecular formula is C36H22ClNS. The molecule has 0 saturated heterocycles. The molecule has 1 nitrogen and oxygen atoms in total. The zero-order valence-electron chi connectivity index (χ0n) is 20.9. The highest BCUT2D eigenvalue weighted by atomic mass is 35.5. The van der Waals surface area contributed by atoms with Crippen molar-refractivity contribution in [2.45, 2.75) is 0 Å². The molecule has 0 aliphatic carbocycles. The number of benzene rings is 7. The number of nitrogens with zero attached hydrogens (tertiary/aromatic N) is 1. The number of rotatable bonds is 3. The molecule has 0 aliphatic heterocycles. The van der Waals surface area contributed by atoms with E-state index >= 15 is 0 Å². The average molecular weight is 536 g/mol. The van der Waals surface area contributed by atoms with Crippen LogP contribution in [0.1, 0.15) is 0 Å². The quantitative estimate of drug-likeness (QED) is 0.203. The summed E-state index contributed by atoms with van der Waals surface area (Å²) in [7, 11) is 0. The third-order valence-corrected chi connectivity index (χ3v) is 9.16. The Hall–Kier alpha value is -4.37. The SMILES string of the molecule is Clc1cc2ccccc2c2sc3c(N(c4ccccc4)c4ccccc4)c4cc5ccccc5cc4cc3c12. The highest BCUT2D eigenvalue weighted by Gasteiger charge is 2.23. The number of hydrogen-bond donors (Lipinski definition) is 0. The van der Waals surface area contributed by atoms with Gasteiger partial charge in [-0.25, -0.2) is 0 Å².